The number of rotatable bonds is 4. The molecule has 8 nitrogen and oxygen atoms in total. The molecular formula is C17H20N6O2. The first-order valence-electron chi connectivity index (χ1n) is 7.92. The maximum atomic E-state index is 12.4. The van der Waals surface area contributed by atoms with Crippen LogP contribution < -0.4 is 10.9 Å². The van der Waals surface area contributed by atoms with Gasteiger partial charge in [0.25, 0.3) is 5.56 Å². The van der Waals surface area contributed by atoms with Crippen LogP contribution >= 0.6 is 0 Å². The average molecular weight is 340 g/mol. The minimum Gasteiger partial charge on any atom is -0.331 e. The molecule has 1 aromatic carbocycles. The van der Waals surface area contributed by atoms with E-state index in [1.165, 1.54) is 6.20 Å². The van der Waals surface area contributed by atoms with Gasteiger partial charge in [-0.15, -0.1) is 10.2 Å². The molecule has 3 aromatic rings. The van der Waals surface area contributed by atoms with Crippen LogP contribution in [0.5, 0.6) is 0 Å². The van der Waals surface area contributed by atoms with Crippen molar-refractivity contribution in [2.75, 3.05) is 7.05 Å². The lowest BCUT2D eigenvalue weighted by molar-refractivity contribution is 0.206. The van der Waals surface area contributed by atoms with E-state index in [0.29, 0.717) is 12.4 Å². The molecule has 0 saturated heterocycles. The van der Waals surface area contributed by atoms with E-state index in [0.717, 1.165) is 16.7 Å². The van der Waals surface area contributed by atoms with Gasteiger partial charge in [0.05, 0.1) is 6.54 Å². The van der Waals surface area contributed by atoms with Crippen LogP contribution in [0.4, 0.5) is 4.79 Å². The molecule has 25 heavy (non-hydrogen) atoms. The maximum Gasteiger partial charge on any atom is 0.317 e. The summed E-state index contributed by atoms with van der Waals surface area (Å²) in [5.41, 5.74) is 3.33. The Morgan fingerprint density at radius 1 is 1.28 bits per heavy atom. The van der Waals surface area contributed by atoms with Gasteiger partial charge in [-0.25, -0.2) is 4.79 Å². The number of aryl methyl sites for hydroxylation is 2. The molecule has 0 saturated carbocycles. The van der Waals surface area contributed by atoms with Crippen LogP contribution in [0.3, 0.4) is 0 Å². The standard InChI is InChI=1S/C17H20N6O2/c1-11-5-4-6-12(2)13(11)10-22(3)17(25)19-9-14-20-21-15-16(24)18-7-8-23(14)15/h4-8H,9-10H2,1-3H3,(H,18,24)(H,19,25). The second-order valence-corrected chi connectivity index (χ2v) is 5.98. The van der Waals surface area contributed by atoms with Crippen molar-refractivity contribution in [2.45, 2.75) is 26.9 Å². The van der Waals surface area contributed by atoms with Crippen molar-refractivity contribution in [3.8, 4) is 0 Å². The summed E-state index contributed by atoms with van der Waals surface area (Å²) < 4.78 is 1.56. The molecule has 0 atom stereocenters. The van der Waals surface area contributed by atoms with E-state index in [2.05, 4.69) is 20.5 Å². The number of fused-ring (bicyclic) bond motifs is 1. The number of carbonyl (C=O) groups is 1. The smallest absolute Gasteiger partial charge is 0.317 e. The van der Waals surface area contributed by atoms with Crippen molar-refractivity contribution in [2.24, 2.45) is 0 Å². The van der Waals surface area contributed by atoms with Crippen LogP contribution in [0, 0.1) is 13.8 Å². The Morgan fingerprint density at radius 3 is 2.72 bits per heavy atom. The van der Waals surface area contributed by atoms with E-state index in [9.17, 15) is 9.59 Å². The third-order valence-electron chi connectivity index (χ3n) is 4.19. The summed E-state index contributed by atoms with van der Waals surface area (Å²) in [5.74, 6) is 0.495. The van der Waals surface area contributed by atoms with Crippen molar-refractivity contribution in [3.05, 3.63) is 63.5 Å². The minimum atomic E-state index is -0.320. The van der Waals surface area contributed by atoms with E-state index in [1.807, 2.05) is 32.0 Å². The Bertz CT molecular complexity index is 954. The number of aromatic nitrogens is 4. The normalized spacial score (nSPS) is 10.8. The zero-order chi connectivity index (χ0) is 18.0. The molecule has 8 heteroatoms. The topological polar surface area (TPSA) is 95.4 Å². The highest BCUT2D eigenvalue weighted by Crippen LogP contribution is 2.15. The van der Waals surface area contributed by atoms with Gasteiger partial charge in [0.15, 0.2) is 5.82 Å². The molecule has 2 N–H and O–H groups in total. The first kappa shape index (κ1) is 16.7. The fourth-order valence-corrected chi connectivity index (χ4v) is 2.70. The molecule has 0 aliphatic heterocycles. The summed E-state index contributed by atoms with van der Waals surface area (Å²) in [4.78, 5) is 28.1. The van der Waals surface area contributed by atoms with E-state index in [-0.39, 0.29) is 23.8 Å². The molecule has 0 bridgehead atoms. The molecule has 0 aliphatic carbocycles. The molecule has 2 amide bonds. The third kappa shape index (κ3) is 3.37. The summed E-state index contributed by atoms with van der Waals surface area (Å²) in [6.07, 6.45) is 3.16. The van der Waals surface area contributed by atoms with Gasteiger partial charge in [-0.3, -0.25) is 9.20 Å². The van der Waals surface area contributed by atoms with Crippen LogP contribution in [0.25, 0.3) is 5.65 Å². The van der Waals surface area contributed by atoms with Crippen molar-refractivity contribution in [3.63, 3.8) is 0 Å². The Labute approximate surface area is 144 Å². The van der Waals surface area contributed by atoms with Crippen LogP contribution in [-0.4, -0.2) is 37.6 Å². The molecule has 0 radical (unpaired) electrons. The lowest BCUT2D eigenvalue weighted by atomic mass is 10.0. The van der Waals surface area contributed by atoms with Gasteiger partial charge in [0.2, 0.25) is 5.65 Å². The second kappa shape index (κ2) is 6.76. The molecule has 130 valence electrons. The van der Waals surface area contributed by atoms with E-state index < -0.39 is 0 Å². The molecule has 0 aliphatic rings. The van der Waals surface area contributed by atoms with Gasteiger partial charge < -0.3 is 15.2 Å². The van der Waals surface area contributed by atoms with Crippen molar-refractivity contribution in [1.29, 1.82) is 0 Å². The number of aromatic amines is 1. The number of H-pyrrole nitrogens is 1. The lowest BCUT2D eigenvalue weighted by Crippen LogP contribution is -2.37. The zero-order valence-corrected chi connectivity index (χ0v) is 14.4. The van der Waals surface area contributed by atoms with Gasteiger partial charge in [0.1, 0.15) is 0 Å². The van der Waals surface area contributed by atoms with Crippen molar-refractivity contribution < 1.29 is 4.79 Å². The average Bonchev–Trinajstić information content (AvgIpc) is 3.00. The highest BCUT2D eigenvalue weighted by atomic mass is 16.2. The first-order valence-corrected chi connectivity index (χ1v) is 7.92. The van der Waals surface area contributed by atoms with Crippen LogP contribution in [-0.2, 0) is 13.1 Å². The predicted octanol–water partition coefficient (Wildman–Crippen LogP) is 1.38. The molecule has 0 fully saturated rings. The molecular weight excluding hydrogens is 320 g/mol. The Kier molecular flexibility index (Phi) is 4.51. The highest BCUT2D eigenvalue weighted by Gasteiger charge is 2.14. The fourth-order valence-electron chi connectivity index (χ4n) is 2.70. The predicted molar refractivity (Wildman–Crippen MR) is 93.2 cm³/mol. The van der Waals surface area contributed by atoms with E-state index in [4.69, 9.17) is 0 Å². The van der Waals surface area contributed by atoms with Gasteiger partial charge in [-0.1, -0.05) is 18.2 Å². The van der Waals surface area contributed by atoms with Crippen LogP contribution in [0.2, 0.25) is 0 Å². The molecule has 3 rings (SSSR count). The number of nitrogens with one attached hydrogen (secondary N) is 2. The van der Waals surface area contributed by atoms with E-state index in [1.54, 1.807) is 22.5 Å². The summed E-state index contributed by atoms with van der Waals surface area (Å²) in [5, 5.41) is 10.6. The number of nitrogens with zero attached hydrogens (tertiary/aromatic N) is 4. The van der Waals surface area contributed by atoms with Gasteiger partial charge in [-0.05, 0) is 30.5 Å². The molecule has 0 unspecified atom stereocenters. The minimum absolute atomic E-state index is 0.181. The SMILES string of the molecule is Cc1cccc(C)c1CN(C)C(=O)NCc1nnc2c(=O)[nH]ccn12. The van der Waals surface area contributed by atoms with Crippen LogP contribution in [0.15, 0.2) is 35.4 Å². The number of benzene rings is 1. The Morgan fingerprint density at radius 2 is 2.00 bits per heavy atom. The summed E-state index contributed by atoms with van der Waals surface area (Å²) in [6.45, 7) is 4.77. The number of urea groups is 1. The van der Waals surface area contributed by atoms with Gasteiger partial charge in [-0.2, -0.15) is 0 Å². The second-order valence-electron chi connectivity index (χ2n) is 5.98. The molecule has 2 aromatic heterocycles. The maximum absolute atomic E-state index is 12.4. The lowest BCUT2D eigenvalue weighted by Gasteiger charge is -2.20. The summed E-state index contributed by atoms with van der Waals surface area (Å²) >= 11 is 0. The Hall–Kier alpha value is -3.16. The monoisotopic (exact) mass is 340 g/mol. The van der Waals surface area contributed by atoms with E-state index >= 15 is 0 Å². The quantitative estimate of drug-likeness (QED) is 0.750. The number of carbonyl (C=O) groups excluding carboxylic acids is 1. The third-order valence-corrected chi connectivity index (χ3v) is 4.19. The number of hydrogen-bond donors (Lipinski definition) is 2. The van der Waals surface area contributed by atoms with Crippen molar-refractivity contribution >= 4 is 11.7 Å². The van der Waals surface area contributed by atoms with Crippen LogP contribution in [0.1, 0.15) is 22.5 Å². The van der Waals surface area contributed by atoms with Gasteiger partial charge >= 0.3 is 6.03 Å². The fraction of sp³-hybridized carbons (Fsp3) is 0.294. The molecule has 0 spiro atoms. The summed E-state index contributed by atoms with van der Waals surface area (Å²) in [6, 6.07) is 5.86. The molecule has 2 heterocycles. The first-order chi connectivity index (χ1) is 12.0. The zero-order valence-electron chi connectivity index (χ0n) is 14.4. The number of amides is 2. The highest BCUT2D eigenvalue weighted by molar-refractivity contribution is 5.73. The Balaban J connectivity index is 1.67. The number of hydrogen-bond acceptors (Lipinski definition) is 4. The summed E-state index contributed by atoms with van der Waals surface area (Å²) in [7, 11) is 1.74. The largest absolute Gasteiger partial charge is 0.331 e. The van der Waals surface area contributed by atoms with Crippen molar-refractivity contribution in [1.82, 2.24) is 29.8 Å². The van der Waals surface area contributed by atoms with Gasteiger partial charge in [0, 0.05) is 26.0 Å².